The molecule has 2 rings (SSSR count). The minimum Gasteiger partial charge on any atom is -0.452 e. The van der Waals surface area contributed by atoms with Crippen molar-refractivity contribution in [2.45, 2.75) is 0 Å². The Kier molecular flexibility index (Phi) is 3.06. The molecule has 0 fully saturated rings. The zero-order valence-electron chi connectivity index (χ0n) is 8.21. The van der Waals surface area contributed by atoms with E-state index in [1.165, 1.54) is 12.3 Å². The van der Waals surface area contributed by atoms with Gasteiger partial charge in [-0.2, -0.15) is 13.8 Å². The molecule has 0 saturated carbocycles. The van der Waals surface area contributed by atoms with Crippen molar-refractivity contribution in [3.8, 4) is 0 Å². The molecule has 0 aliphatic rings. The van der Waals surface area contributed by atoms with E-state index in [0.717, 1.165) is 12.1 Å². The van der Waals surface area contributed by atoms with E-state index in [4.69, 9.17) is 16.0 Å². The molecule has 0 atom stereocenters. The Morgan fingerprint density at radius 3 is 2.71 bits per heavy atom. The second kappa shape index (κ2) is 4.50. The fourth-order valence-corrected chi connectivity index (χ4v) is 1.35. The first-order valence-corrected chi connectivity index (χ1v) is 4.82. The van der Waals surface area contributed by atoms with Crippen molar-refractivity contribution in [3.05, 3.63) is 47.1 Å². The highest BCUT2D eigenvalue weighted by atomic mass is 35.5. The normalized spacial score (nSPS) is 10.3. The molecule has 7 heteroatoms. The van der Waals surface area contributed by atoms with Gasteiger partial charge in [0.15, 0.2) is 0 Å². The summed E-state index contributed by atoms with van der Waals surface area (Å²) in [6.45, 7) is 0. The van der Waals surface area contributed by atoms with E-state index in [1.54, 1.807) is 0 Å². The zero-order valence-corrected chi connectivity index (χ0v) is 8.96. The lowest BCUT2D eigenvalue weighted by molar-refractivity contribution is 0.102. The maximum atomic E-state index is 13.1. The zero-order chi connectivity index (χ0) is 12.4. The lowest BCUT2D eigenvalue weighted by atomic mass is 10.3. The molecule has 0 saturated heterocycles. The van der Waals surface area contributed by atoms with Crippen LogP contribution in [0.3, 0.4) is 0 Å². The van der Waals surface area contributed by atoms with Gasteiger partial charge in [-0.1, -0.05) is 0 Å². The molecule has 1 amide bonds. The van der Waals surface area contributed by atoms with Crippen LogP contribution in [0.25, 0.3) is 0 Å². The van der Waals surface area contributed by atoms with Gasteiger partial charge in [0.2, 0.25) is 17.1 Å². The molecular formula is C10H5ClF2N2O2. The number of hydrogen-bond acceptors (Lipinski definition) is 3. The number of amides is 1. The Morgan fingerprint density at radius 1 is 1.35 bits per heavy atom. The highest BCUT2D eigenvalue weighted by molar-refractivity contribution is 6.32. The van der Waals surface area contributed by atoms with Crippen molar-refractivity contribution >= 4 is 23.2 Å². The van der Waals surface area contributed by atoms with Crippen molar-refractivity contribution in [1.29, 1.82) is 0 Å². The van der Waals surface area contributed by atoms with Crippen molar-refractivity contribution < 1.29 is 18.0 Å². The van der Waals surface area contributed by atoms with Crippen molar-refractivity contribution in [3.63, 3.8) is 0 Å². The smallest absolute Gasteiger partial charge is 0.260 e. The molecule has 0 aliphatic heterocycles. The van der Waals surface area contributed by atoms with Gasteiger partial charge in [0.25, 0.3) is 5.91 Å². The molecule has 0 unspecified atom stereocenters. The molecular weight excluding hydrogens is 254 g/mol. The van der Waals surface area contributed by atoms with E-state index < -0.39 is 17.8 Å². The lowest BCUT2D eigenvalue weighted by Gasteiger charge is -2.04. The molecule has 0 aliphatic carbocycles. The van der Waals surface area contributed by atoms with Gasteiger partial charge in [-0.25, -0.2) is 0 Å². The number of anilines is 1. The average molecular weight is 259 g/mol. The van der Waals surface area contributed by atoms with Gasteiger partial charge in [0.05, 0.1) is 17.5 Å². The van der Waals surface area contributed by atoms with Crippen LogP contribution in [-0.2, 0) is 0 Å². The predicted molar refractivity (Wildman–Crippen MR) is 55.8 cm³/mol. The number of aromatic nitrogens is 1. The van der Waals surface area contributed by atoms with Crippen LogP contribution in [0.15, 0.2) is 28.9 Å². The number of halogens is 3. The van der Waals surface area contributed by atoms with Gasteiger partial charge in [-0.15, -0.1) is 0 Å². The Labute approximate surface area is 99.2 Å². The maximum Gasteiger partial charge on any atom is 0.260 e. The van der Waals surface area contributed by atoms with Crippen LogP contribution in [0.5, 0.6) is 0 Å². The van der Waals surface area contributed by atoms with Gasteiger partial charge < -0.3 is 9.73 Å². The summed E-state index contributed by atoms with van der Waals surface area (Å²) in [5.41, 5.74) is -0.191. The highest BCUT2D eigenvalue weighted by Crippen LogP contribution is 2.19. The molecule has 0 bridgehead atoms. The second-order valence-electron chi connectivity index (χ2n) is 3.03. The number of carbonyl (C=O) groups excluding carboxylic acids is 1. The maximum absolute atomic E-state index is 13.1. The molecule has 0 radical (unpaired) electrons. The number of nitrogens with zero attached hydrogens (tertiary/aromatic N) is 1. The minimum absolute atomic E-state index is 0.0513. The highest BCUT2D eigenvalue weighted by Gasteiger charge is 2.15. The third-order valence-electron chi connectivity index (χ3n) is 1.93. The number of rotatable bonds is 2. The standard InChI is InChI=1S/C10H5ClF2N2O2/c11-8-5(3-4-17-8)10(16)14-6-1-2-7(12)15-9(6)13/h1-4H,(H,14,16). The average Bonchev–Trinajstić information content (AvgIpc) is 2.68. The van der Waals surface area contributed by atoms with Crippen molar-refractivity contribution in [2.75, 3.05) is 5.32 Å². The number of hydrogen-bond donors (Lipinski definition) is 1. The summed E-state index contributed by atoms with van der Waals surface area (Å²) >= 11 is 5.57. The van der Waals surface area contributed by atoms with E-state index >= 15 is 0 Å². The molecule has 17 heavy (non-hydrogen) atoms. The molecule has 4 nitrogen and oxygen atoms in total. The van der Waals surface area contributed by atoms with E-state index in [1.807, 2.05) is 0 Å². The molecule has 0 spiro atoms. The second-order valence-corrected chi connectivity index (χ2v) is 3.38. The summed E-state index contributed by atoms with van der Waals surface area (Å²) in [5.74, 6) is -2.75. The Bertz CT molecular complexity index is 571. The molecule has 2 heterocycles. The molecule has 2 aromatic rings. The first-order chi connectivity index (χ1) is 8.08. The summed E-state index contributed by atoms with van der Waals surface area (Å²) in [6, 6.07) is 3.31. The summed E-state index contributed by atoms with van der Waals surface area (Å²) < 4.78 is 30.4. The van der Waals surface area contributed by atoms with Crippen LogP contribution < -0.4 is 5.32 Å². The van der Waals surface area contributed by atoms with E-state index in [9.17, 15) is 13.6 Å². The van der Waals surface area contributed by atoms with Crippen LogP contribution in [-0.4, -0.2) is 10.9 Å². The number of carbonyl (C=O) groups is 1. The third-order valence-corrected chi connectivity index (χ3v) is 2.22. The number of pyridine rings is 1. The first kappa shape index (κ1) is 11.5. The minimum atomic E-state index is -1.11. The summed E-state index contributed by atoms with van der Waals surface area (Å²) in [7, 11) is 0. The van der Waals surface area contributed by atoms with Gasteiger partial charge >= 0.3 is 0 Å². The largest absolute Gasteiger partial charge is 0.452 e. The molecule has 88 valence electrons. The van der Waals surface area contributed by atoms with Crippen molar-refractivity contribution in [2.24, 2.45) is 0 Å². The fourth-order valence-electron chi connectivity index (χ4n) is 1.15. The third kappa shape index (κ3) is 2.42. The van der Waals surface area contributed by atoms with Gasteiger partial charge in [0.1, 0.15) is 0 Å². The fraction of sp³-hybridized carbons (Fsp3) is 0. The van der Waals surface area contributed by atoms with E-state index in [-0.39, 0.29) is 16.5 Å². The molecule has 1 N–H and O–H groups in total. The van der Waals surface area contributed by atoms with Gasteiger partial charge in [-0.3, -0.25) is 4.79 Å². The predicted octanol–water partition coefficient (Wildman–Crippen LogP) is 2.86. The molecule has 2 aromatic heterocycles. The summed E-state index contributed by atoms with van der Waals surface area (Å²) in [6.07, 6.45) is 1.22. The van der Waals surface area contributed by atoms with E-state index in [0.29, 0.717) is 0 Å². The van der Waals surface area contributed by atoms with E-state index in [2.05, 4.69) is 10.3 Å². The number of furan rings is 1. The first-order valence-electron chi connectivity index (χ1n) is 4.44. The van der Waals surface area contributed by atoms with Gasteiger partial charge in [0, 0.05) is 0 Å². The Hall–Kier alpha value is -1.95. The van der Waals surface area contributed by atoms with Crippen LogP contribution >= 0.6 is 11.6 Å². The van der Waals surface area contributed by atoms with Gasteiger partial charge in [-0.05, 0) is 29.8 Å². The van der Waals surface area contributed by atoms with Crippen LogP contribution in [0.4, 0.5) is 14.5 Å². The Balaban J connectivity index is 2.22. The Morgan fingerprint density at radius 2 is 2.12 bits per heavy atom. The van der Waals surface area contributed by atoms with Crippen LogP contribution in [0, 0.1) is 11.9 Å². The topological polar surface area (TPSA) is 55.1 Å². The van der Waals surface area contributed by atoms with Crippen LogP contribution in [0.1, 0.15) is 10.4 Å². The summed E-state index contributed by atoms with van der Waals surface area (Å²) in [4.78, 5) is 14.5. The van der Waals surface area contributed by atoms with Crippen LogP contribution in [0.2, 0.25) is 5.22 Å². The quantitative estimate of drug-likeness (QED) is 0.843. The SMILES string of the molecule is O=C(Nc1ccc(F)nc1F)c1ccoc1Cl. The van der Waals surface area contributed by atoms with Crippen molar-refractivity contribution in [1.82, 2.24) is 4.98 Å². The molecule has 0 aromatic carbocycles. The summed E-state index contributed by atoms with van der Waals surface area (Å²) in [5, 5.41) is 2.08. The lowest BCUT2D eigenvalue weighted by Crippen LogP contribution is -2.13. The monoisotopic (exact) mass is 258 g/mol. The number of nitrogens with one attached hydrogen (secondary N) is 1.